The van der Waals surface area contributed by atoms with Gasteiger partial charge in [-0.05, 0) is 46.3 Å². The Morgan fingerprint density at radius 1 is 1.14 bits per heavy atom. The molecule has 0 unspecified atom stereocenters. The zero-order chi connectivity index (χ0) is 15.6. The molecule has 0 aliphatic heterocycles. The molecule has 0 saturated carbocycles. The van der Waals surface area contributed by atoms with Crippen LogP contribution in [0.1, 0.15) is 10.4 Å². The van der Waals surface area contributed by atoms with Crippen molar-refractivity contribution in [1.82, 2.24) is 0 Å². The van der Waals surface area contributed by atoms with Crippen LogP contribution in [0.2, 0.25) is 5.02 Å². The smallest absolute Gasteiger partial charge is 0.261 e. The molecule has 0 bridgehead atoms. The van der Waals surface area contributed by atoms with Crippen molar-refractivity contribution in [3.05, 3.63) is 57.5 Å². The second kappa shape index (κ2) is 6.36. The number of halogens is 3. The Hall–Kier alpha value is -1.08. The maximum Gasteiger partial charge on any atom is 0.261 e. The predicted octanol–water partition coefficient (Wildman–Crippen LogP) is 4.28. The maximum absolute atomic E-state index is 12.1. The van der Waals surface area contributed by atoms with Crippen molar-refractivity contribution >= 4 is 58.9 Å². The van der Waals surface area contributed by atoms with Gasteiger partial charge in [0.25, 0.3) is 15.0 Å². The average Bonchev–Trinajstić information content (AvgIpc) is 2.40. The highest BCUT2D eigenvalue weighted by atomic mass is 79.9. The number of hydrogen-bond acceptors (Lipinski definition) is 3. The summed E-state index contributed by atoms with van der Waals surface area (Å²) in [6.45, 7) is 0. The minimum Gasteiger partial charge on any atom is -0.321 e. The molecule has 110 valence electrons. The molecule has 0 heterocycles. The fourth-order valence-corrected chi connectivity index (χ4v) is 3.21. The Balaban J connectivity index is 2.29. The summed E-state index contributed by atoms with van der Waals surface area (Å²) in [4.78, 5) is 12.0. The molecule has 0 saturated heterocycles. The summed E-state index contributed by atoms with van der Waals surface area (Å²) in [7, 11) is 1.43. The van der Waals surface area contributed by atoms with E-state index in [1.165, 1.54) is 18.2 Å². The van der Waals surface area contributed by atoms with Gasteiger partial charge in [-0.15, -0.1) is 0 Å². The fraction of sp³-hybridized carbons (Fsp3) is 0. The first-order chi connectivity index (χ1) is 9.79. The largest absolute Gasteiger partial charge is 0.321 e. The molecule has 1 amide bonds. The summed E-state index contributed by atoms with van der Waals surface area (Å²) in [5.74, 6) is -0.400. The minimum atomic E-state index is -3.82. The van der Waals surface area contributed by atoms with Crippen LogP contribution in [0.15, 0.2) is 51.8 Å². The highest BCUT2D eigenvalue weighted by Crippen LogP contribution is 2.28. The van der Waals surface area contributed by atoms with Crippen molar-refractivity contribution in [2.45, 2.75) is 4.90 Å². The lowest BCUT2D eigenvalue weighted by Gasteiger charge is -2.09. The highest BCUT2D eigenvalue weighted by molar-refractivity contribution is 9.10. The SMILES string of the molecule is O=C(Nc1ccc(S(=O)(=O)Cl)cc1Br)c1ccccc1Cl. The van der Waals surface area contributed by atoms with Gasteiger partial charge in [0.15, 0.2) is 0 Å². The first-order valence-corrected chi connectivity index (χ1v) is 9.07. The number of carbonyl (C=O) groups excluding carboxylic acids is 1. The van der Waals surface area contributed by atoms with Gasteiger partial charge in [0, 0.05) is 15.2 Å². The van der Waals surface area contributed by atoms with Crippen LogP contribution in [0.5, 0.6) is 0 Å². The van der Waals surface area contributed by atoms with Gasteiger partial charge in [-0.25, -0.2) is 8.42 Å². The maximum atomic E-state index is 12.1. The molecule has 0 radical (unpaired) electrons. The number of benzene rings is 2. The second-order valence-corrected chi connectivity index (χ2v) is 7.84. The second-order valence-electron chi connectivity index (χ2n) is 4.01. The molecular formula is C13H8BrCl2NO3S. The van der Waals surface area contributed by atoms with Crippen LogP contribution in [0.3, 0.4) is 0 Å². The molecule has 2 rings (SSSR count). The van der Waals surface area contributed by atoms with E-state index in [0.717, 1.165) is 0 Å². The molecule has 0 aliphatic rings. The van der Waals surface area contributed by atoms with Gasteiger partial charge in [0.2, 0.25) is 0 Å². The first-order valence-electron chi connectivity index (χ1n) is 5.59. The molecule has 8 heteroatoms. The third-order valence-corrected chi connectivity index (χ3v) is 4.93. The summed E-state index contributed by atoms with van der Waals surface area (Å²) < 4.78 is 22.8. The van der Waals surface area contributed by atoms with Crippen LogP contribution in [0.25, 0.3) is 0 Å². The molecular weight excluding hydrogens is 401 g/mol. The monoisotopic (exact) mass is 407 g/mol. The van der Waals surface area contributed by atoms with Crippen LogP contribution >= 0.6 is 38.2 Å². The van der Waals surface area contributed by atoms with Crippen molar-refractivity contribution in [1.29, 1.82) is 0 Å². The lowest BCUT2D eigenvalue weighted by Crippen LogP contribution is -2.12. The summed E-state index contributed by atoms with van der Waals surface area (Å²) in [5, 5.41) is 2.96. The normalized spacial score (nSPS) is 11.2. The van der Waals surface area contributed by atoms with E-state index in [0.29, 0.717) is 20.7 Å². The Labute approximate surface area is 139 Å². The van der Waals surface area contributed by atoms with E-state index >= 15 is 0 Å². The summed E-state index contributed by atoms with van der Waals surface area (Å²) in [6.07, 6.45) is 0. The molecule has 0 fully saturated rings. The zero-order valence-electron chi connectivity index (χ0n) is 10.3. The van der Waals surface area contributed by atoms with Crippen molar-refractivity contribution in [3.8, 4) is 0 Å². The lowest BCUT2D eigenvalue weighted by molar-refractivity contribution is 0.102. The predicted molar refractivity (Wildman–Crippen MR) is 86.6 cm³/mol. The molecule has 0 atom stereocenters. The van der Waals surface area contributed by atoms with E-state index in [4.69, 9.17) is 22.3 Å². The molecule has 0 aromatic heterocycles. The first kappa shape index (κ1) is 16.3. The van der Waals surface area contributed by atoms with Crippen LogP contribution in [-0.2, 0) is 9.05 Å². The Morgan fingerprint density at radius 3 is 2.38 bits per heavy atom. The van der Waals surface area contributed by atoms with Crippen molar-refractivity contribution in [3.63, 3.8) is 0 Å². The number of nitrogens with one attached hydrogen (secondary N) is 1. The van der Waals surface area contributed by atoms with E-state index in [1.54, 1.807) is 24.3 Å². The van der Waals surface area contributed by atoms with Crippen molar-refractivity contribution in [2.24, 2.45) is 0 Å². The van der Waals surface area contributed by atoms with E-state index in [9.17, 15) is 13.2 Å². The molecule has 2 aromatic rings. The van der Waals surface area contributed by atoms with Gasteiger partial charge in [0.05, 0.1) is 21.2 Å². The standard InChI is InChI=1S/C13H8BrCl2NO3S/c14-10-7-8(21(16,19)20)5-6-12(10)17-13(18)9-3-1-2-4-11(9)15/h1-7H,(H,17,18). The van der Waals surface area contributed by atoms with Crippen LogP contribution in [-0.4, -0.2) is 14.3 Å². The quantitative estimate of drug-likeness (QED) is 0.770. The minimum absolute atomic E-state index is 0.0632. The highest BCUT2D eigenvalue weighted by Gasteiger charge is 2.15. The van der Waals surface area contributed by atoms with Crippen LogP contribution in [0, 0.1) is 0 Å². The molecule has 0 aliphatic carbocycles. The van der Waals surface area contributed by atoms with E-state index in [1.807, 2.05) is 0 Å². The summed E-state index contributed by atoms with van der Waals surface area (Å²) in [6, 6.07) is 10.7. The van der Waals surface area contributed by atoms with Gasteiger partial charge in [-0.1, -0.05) is 23.7 Å². The Bertz CT molecular complexity index is 809. The summed E-state index contributed by atoms with van der Waals surface area (Å²) >= 11 is 9.13. The number of amides is 1. The van der Waals surface area contributed by atoms with Gasteiger partial charge in [-0.3, -0.25) is 4.79 Å². The number of hydrogen-bond donors (Lipinski definition) is 1. The van der Waals surface area contributed by atoms with Crippen LogP contribution in [0.4, 0.5) is 5.69 Å². The van der Waals surface area contributed by atoms with Crippen molar-refractivity contribution < 1.29 is 13.2 Å². The third kappa shape index (κ3) is 3.97. The van der Waals surface area contributed by atoms with E-state index in [2.05, 4.69) is 21.2 Å². The van der Waals surface area contributed by atoms with Gasteiger partial charge < -0.3 is 5.32 Å². The molecule has 2 aromatic carbocycles. The topological polar surface area (TPSA) is 63.2 Å². The van der Waals surface area contributed by atoms with Gasteiger partial charge in [0.1, 0.15) is 0 Å². The molecule has 1 N–H and O–H groups in total. The molecule has 0 spiro atoms. The van der Waals surface area contributed by atoms with E-state index in [-0.39, 0.29) is 4.90 Å². The fourth-order valence-electron chi connectivity index (χ4n) is 1.58. The average molecular weight is 409 g/mol. The number of rotatable bonds is 3. The lowest BCUT2D eigenvalue weighted by atomic mass is 10.2. The Morgan fingerprint density at radius 2 is 1.81 bits per heavy atom. The Kier molecular flexibility index (Phi) is 4.93. The zero-order valence-corrected chi connectivity index (χ0v) is 14.2. The van der Waals surface area contributed by atoms with Crippen LogP contribution < -0.4 is 5.32 Å². The van der Waals surface area contributed by atoms with Gasteiger partial charge in [-0.2, -0.15) is 0 Å². The van der Waals surface area contributed by atoms with Crippen molar-refractivity contribution in [2.75, 3.05) is 5.32 Å². The van der Waals surface area contributed by atoms with Gasteiger partial charge >= 0.3 is 0 Å². The third-order valence-electron chi connectivity index (χ3n) is 2.59. The summed E-state index contributed by atoms with van der Waals surface area (Å²) in [5.41, 5.74) is 0.726. The number of anilines is 1. The number of carbonyl (C=O) groups is 1. The van der Waals surface area contributed by atoms with E-state index < -0.39 is 15.0 Å². The molecule has 21 heavy (non-hydrogen) atoms. The molecule has 4 nitrogen and oxygen atoms in total.